The van der Waals surface area contributed by atoms with Gasteiger partial charge in [0.25, 0.3) is 0 Å². The molecule has 1 aliphatic carbocycles. The third-order valence-corrected chi connectivity index (χ3v) is 4.30. The van der Waals surface area contributed by atoms with Gasteiger partial charge in [-0.1, -0.05) is 24.3 Å². The summed E-state index contributed by atoms with van der Waals surface area (Å²) in [6, 6.07) is 10.5. The van der Waals surface area contributed by atoms with Crippen LogP contribution in [-0.2, 0) is 0 Å². The number of para-hydroxylation sites is 1. The number of nitrogens with one attached hydrogen (secondary N) is 1. The van der Waals surface area contributed by atoms with Gasteiger partial charge in [0, 0.05) is 27.9 Å². The monoisotopic (exact) mass is 259 g/mol. The van der Waals surface area contributed by atoms with Crippen LogP contribution >= 0.6 is 0 Å². The molecule has 0 fully saturated rings. The first kappa shape index (κ1) is 10.3. The molecule has 1 aromatic heterocycles. The molecular weight excluding hydrogens is 246 g/mol. The highest BCUT2D eigenvalue weighted by Gasteiger charge is 2.16. The quantitative estimate of drug-likeness (QED) is 0.671. The Bertz CT molecular complexity index is 1020. The van der Waals surface area contributed by atoms with E-state index in [1.54, 1.807) is 0 Å². The van der Waals surface area contributed by atoms with Crippen molar-refractivity contribution in [2.24, 2.45) is 0 Å². The number of hydrogen-bond acceptors (Lipinski definition) is 2. The van der Waals surface area contributed by atoms with E-state index in [0.29, 0.717) is 0 Å². The fourth-order valence-corrected chi connectivity index (χ4v) is 3.47. The number of fused-ring (bicyclic) bond motifs is 4. The third-order valence-electron chi connectivity index (χ3n) is 4.30. The van der Waals surface area contributed by atoms with E-state index in [4.69, 9.17) is 4.42 Å². The van der Waals surface area contributed by atoms with Crippen molar-refractivity contribution in [3.8, 4) is 0 Å². The van der Waals surface area contributed by atoms with Gasteiger partial charge in [-0.2, -0.15) is 0 Å². The van der Waals surface area contributed by atoms with Gasteiger partial charge in [0.1, 0.15) is 11.2 Å². The second-order valence-corrected chi connectivity index (χ2v) is 5.42. The minimum atomic E-state index is 0.967. The summed E-state index contributed by atoms with van der Waals surface area (Å²) in [4.78, 5) is 0. The first-order chi connectivity index (χ1) is 9.92. The molecule has 0 bridgehead atoms. The average Bonchev–Trinajstić information content (AvgIpc) is 2.86. The molecule has 0 spiro atoms. The molecule has 2 nitrogen and oxygen atoms in total. The molecule has 0 unspecified atom stereocenters. The Kier molecular flexibility index (Phi) is 1.83. The predicted molar refractivity (Wildman–Crippen MR) is 82.2 cm³/mol. The molecular formula is C18H13NO. The van der Waals surface area contributed by atoms with Crippen molar-refractivity contribution in [1.82, 2.24) is 5.32 Å². The highest BCUT2D eigenvalue weighted by molar-refractivity contribution is 6.09. The molecule has 0 amide bonds. The van der Waals surface area contributed by atoms with E-state index >= 15 is 0 Å². The first-order valence-corrected chi connectivity index (χ1v) is 7.02. The number of benzene rings is 2. The zero-order valence-corrected chi connectivity index (χ0v) is 10.9. The largest absolute Gasteiger partial charge is 0.456 e. The van der Waals surface area contributed by atoms with Gasteiger partial charge in [-0.25, -0.2) is 0 Å². The summed E-state index contributed by atoms with van der Waals surface area (Å²) < 4.78 is 6.04. The van der Waals surface area contributed by atoms with Crippen molar-refractivity contribution in [2.45, 2.75) is 12.8 Å². The maximum Gasteiger partial charge on any atom is 0.136 e. The maximum absolute atomic E-state index is 6.04. The van der Waals surface area contributed by atoms with Gasteiger partial charge < -0.3 is 9.73 Å². The Morgan fingerprint density at radius 3 is 3.05 bits per heavy atom. The molecule has 2 heteroatoms. The molecule has 2 aliphatic rings. The zero-order valence-electron chi connectivity index (χ0n) is 10.9. The van der Waals surface area contributed by atoms with Crippen molar-refractivity contribution in [3.05, 3.63) is 52.5 Å². The predicted octanol–water partition coefficient (Wildman–Crippen LogP) is 2.84. The molecule has 2 aromatic carbocycles. The first-order valence-electron chi connectivity index (χ1n) is 7.02. The Hall–Kier alpha value is -2.48. The molecule has 1 aliphatic heterocycles. The highest BCUT2D eigenvalue weighted by Crippen LogP contribution is 2.30. The smallest absolute Gasteiger partial charge is 0.136 e. The summed E-state index contributed by atoms with van der Waals surface area (Å²) in [5.74, 6) is 0. The van der Waals surface area contributed by atoms with Crippen LogP contribution in [0.25, 0.3) is 39.8 Å². The lowest BCUT2D eigenvalue weighted by Gasteiger charge is -2.17. The van der Waals surface area contributed by atoms with Gasteiger partial charge in [-0.3, -0.25) is 0 Å². The topological polar surface area (TPSA) is 25.2 Å². The molecule has 2 heterocycles. The minimum absolute atomic E-state index is 0.967. The summed E-state index contributed by atoms with van der Waals surface area (Å²) >= 11 is 0. The van der Waals surface area contributed by atoms with Crippen LogP contribution in [0.3, 0.4) is 0 Å². The van der Waals surface area contributed by atoms with Gasteiger partial charge in [0.05, 0.1) is 0 Å². The van der Waals surface area contributed by atoms with Crippen LogP contribution in [0.15, 0.2) is 40.9 Å². The minimum Gasteiger partial charge on any atom is -0.456 e. The Morgan fingerprint density at radius 2 is 2.05 bits per heavy atom. The van der Waals surface area contributed by atoms with Crippen molar-refractivity contribution in [2.75, 3.05) is 0 Å². The molecule has 0 saturated carbocycles. The molecule has 96 valence electrons. The molecule has 20 heavy (non-hydrogen) atoms. The highest BCUT2D eigenvalue weighted by atomic mass is 16.3. The third kappa shape index (κ3) is 1.19. The lowest BCUT2D eigenvalue weighted by molar-refractivity contribution is 0.668. The van der Waals surface area contributed by atoms with Crippen LogP contribution in [0.2, 0.25) is 0 Å². The van der Waals surface area contributed by atoms with Crippen molar-refractivity contribution >= 4 is 39.8 Å². The lowest BCUT2D eigenvalue weighted by atomic mass is 9.95. The van der Waals surface area contributed by atoms with Crippen molar-refractivity contribution in [3.63, 3.8) is 0 Å². The second-order valence-electron chi connectivity index (χ2n) is 5.42. The Balaban J connectivity index is 2.15. The van der Waals surface area contributed by atoms with E-state index < -0.39 is 0 Å². The van der Waals surface area contributed by atoms with Gasteiger partial charge in [-0.15, -0.1) is 0 Å². The van der Waals surface area contributed by atoms with Crippen LogP contribution in [0.1, 0.15) is 18.4 Å². The van der Waals surface area contributed by atoms with Gasteiger partial charge in [0.2, 0.25) is 0 Å². The molecule has 5 rings (SSSR count). The zero-order chi connectivity index (χ0) is 13.1. The van der Waals surface area contributed by atoms with E-state index in [0.717, 1.165) is 24.0 Å². The van der Waals surface area contributed by atoms with Gasteiger partial charge in [-0.05, 0) is 41.8 Å². The van der Waals surface area contributed by atoms with E-state index in [9.17, 15) is 0 Å². The van der Waals surface area contributed by atoms with Gasteiger partial charge >= 0.3 is 0 Å². The van der Waals surface area contributed by atoms with Crippen LogP contribution in [0.5, 0.6) is 0 Å². The van der Waals surface area contributed by atoms with Crippen LogP contribution in [0, 0.1) is 0 Å². The number of hydrogen-bond donors (Lipinski definition) is 1. The van der Waals surface area contributed by atoms with Gasteiger partial charge in [0.15, 0.2) is 0 Å². The maximum atomic E-state index is 6.04. The Labute approximate surface area is 115 Å². The van der Waals surface area contributed by atoms with Crippen LogP contribution in [0.4, 0.5) is 0 Å². The normalized spacial score (nSPS) is 16.1. The van der Waals surface area contributed by atoms with Crippen molar-refractivity contribution < 1.29 is 4.42 Å². The van der Waals surface area contributed by atoms with E-state index in [1.165, 1.54) is 32.5 Å². The van der Waals surface area contributed by atoms with E-state index in [1.807, 2.05) is 18.3 Å². The molecule has 0 radical (unpaired) electrons. The number of rotatable bonds is 0. The summed E-state index contributed by atoms with van der Waals surface area (Å²) in [5.41, 5.74) is 4.60. The van der Waals surface area contributed by atoms with Crippen LogP contribution < -0.4 is 15.8 Å². The summed E-state index contributed by atoms with van der Waals surface area (Å²) in [6.07, 6.45) is 8.72. The van der Waals surface area contributed by atoms with E-state index in [-0.39, 0.29) is 0 Å². The fourth-order valence-electron chi connectivity index (χ4n) is 3.47. The van der Waals surface area contributed by atoms with Crippen LogP contribution in [-0.4, -0.2) is 0 Å². The molecule has 0 saturated heterocycles. The Morgan fingerprint density at radius 1 is 1.10 bits per heavy atom. The molecule has 3 aromatic rings. The lowest BCUT2D eigenvalue weighted by Crippen LogP contribution is -2.37. The second kappa shape index (κ2) is 3.54. The molecule has 1 N–H and O–H groups in total. The fraction of sp³-hybridized carbons (Fsp3) is 0.111. The standard InChI is InChI=1S/C18H13NO/c1-2-7-15-12(5-1)18-13-8-9-19-14-6-3-4-11(17(13)14)10-16(18)20-15/h1-2,4-5,7-10,19H,3,6H2. The number of furan rings is 1. The SMILES string of the molecule is C1=Cc2c3c(cc4oc5ccccc5c24)=CCCC=3N1. The average molecular weight is 259 g/mol. The molecule has 0 atom stereocenters. The van der Waals surface area contributed by atoms with Crippen molar-refractivity contribution in [1.29, 1.82) is 0 Å². The summed E-state index contributed by atoms with van der Waals surface area (Å²) in [7, 11) is 0. The summed E-state index contributed by atoms with van der Waals surface area (Å²) in [6.45, 7) is 0. The van der Waals surface area contributed by atoms with E-state index in [2.05, 4.69) is 35.7 Å². The summed E-state index contributed by atoms with van der Waals surface area (Å²) in [5, 5.41) is 8.51.